The van der Waals surface area contributed by atoms with Gasteiger partial charge in [-0.2, -0.15) is 4.31 Å². The van der Waals surface area contributed by atoms with Crippen LogP contribution in [0.4, 0.5) is 5.69 Å². The average molecular weight is 492 g/mol. The molecule has 0 spiro atoms. The Bertz CT molecular complexity index is 1120. The summed E-state index contributed by atoms with van der Waals surface area (Å²) in [4.78, 5) is 27.9. The van der Waals surface area contributed by atoms with E-state index >= 15 is 0 Å². The number of anilines is 1. The zero-order chi connectivity index (χ0) is 23.4. The molecule has 2 aromatic carbocycles. The van der Waals surface area contributed by atoms with Gasteiger partial charge in [0.15, 0.2) is 0 Å². The van der Waals surface area contributed by atoms with Crippen molar-refractivity contribution in [2.45, 2.75) is 17.7 Å². The van der Waals surface area contributed by atoms with Crippen molar-refractivity contribution in [3.05, 3.63) is 59.1 Å². The second kappa shape index (κ2) is 10.2. The lowest BCUT2D eigenvalue weighted by molar-refractivity contribution is -0.120. The molecule has 2 aromatic rings. The first-order valence-electron chi connectivity index (χ1n) is 10.9. The number of hydrogen-bond donors (Lipinski definition) is 1. The minimum Gasteiger partial charge on any atom is -0.378 e. The molecule has 0 bridgehead atoms. The van der Waals surface area contributed by atoms with E-state index in [0.717, 1.165) is 0 Å². The molecule has 2 saturated heterocycles. The highest BCUT2D eigenvalue weighted by atomic mass is 35.5. The summed E-state index contributed by atoms with van der Waals surface area (Å²) in [5.74, 6) is -0.981. The summed E-state index contributed by atoms with van der Waals surface area (Å²) in [6, 6.07) is 12.9. The minimum absolute atomic E-state index is 0.0797. The maximum absolute atomic E-state index is 13.1. The van der Waals surface area contributed by atoms with Gasteiger partial charge in [0.1, 0.15) is 0 Å². The van der Waals surface area contributed by atoms with Gasteiger partial charge in [-0.1, -0.05) is 23.7 Å². The van der Waals surface area contributed by atoms with Gasteiger partial charge < -0.3 is 15.0 Å². The number of amides is 2. The lowest BCUT2D eigenvalue weighted by atomic mass is 9.98. The summed E-state index contributed by atoms with van der Waals surface area (Å²) >= 11 is 5.88. The van der Waals surface area contributed by atoms with Crippen LogP contribution in [0.25, 0.3) is 0 Å². The molecule has 176 valence electrons. The molecule has 2 heterocycles. The maximum atomic E-state index is 13.1. The first-order chi connectivity index (χ1) is 15.9. The van der Waals surface area contributed by atoms with E-state index in [1.807, 2.05) is 0 Å². The summed E-state index contributed by atoms with van der Waals surface area (Å²) in [5, 5.41) is 3.32. The molecule has 0 aromatic heterocycles. The second-order valence-electron chi connectivity index (χ2n) is 8.10. The Morgan fingerprint density at radius 2 is 1.70 bits per heavy atom. The van der Waals surface area contributed by atoms with Gasteiger partial charge in [-0.25, -0.2) is 8.42 Å². The van der Waals surface area contributed by atoms with E-state index in [-0.39, 0.29) is 23.3 Å². The van der Waals surface area contributed by atoms with Crippen LogP contribution in [0.1, 0.15) is 23.2 Å². The molecular formula is C23H26ClN3O5S. The lowest BCUT2D eigenvalue weighted by Crippen LogP contribution is -2.44. The van der Waals surface area contributed by atoms with E-state index in [4.69, 9.17) is 16.3 Å². The van der Waals surface area contributed by atoms with Crippen LogP contribution >= 0.6 is 11.6 Å². The largest absolute Gasteiger partial charge is 0.378 e. The Labute approximate surface area is 198 Å². The van der Waals surface area contributed by atoms with Crippen molar-refractivity contribution in [2.75, 3.05) is 44.7 Å². The molecule has 8 nitrogen and oxygen atoms in total. The molecule has 1 unspecified atom stereocenters. The first-order valence-corrected chi connectivity index (χ1v) is 12.7. The predicted octanol–water partition coefficient (Wildman–Crippen LogP) is 2.85. The summed E-state index contributed by atoms with van der Waals surface area (Å²) in [6.45, 7) is 2.40. The van der Waals surface area contributed by atoms with Gasteiger partial charge in [0.05, 0.1) is 35.3 Å². The van der Waals surface area contributed by atoms with Crippen LogP contribution < -0.4 is 5.32 Å². The Hall–Kier alpha value is -2.46. The normalized spacial score (nSPS) is 19.8. The second-order valence-corrected chi connectivity index (χ2v) is 10.5. The number of halogens is 1. The van der Waals surface area contributed by atoms with Crippen molar-refractivity contribution in [1.82, 2.24) is 9.21 Å². The van der Waals surface area contributed by atoms with Gasteiger partial charge in [0.2, 0.25) is 15.9 Å². The van der Waals surface area contributed by atoms with Crippen LogP contribution in [-0.2, 0) is 19.6 Å². The van der Waals surface area contributed by atoms with Crippen molar-refractivity contribution < 1.29 is 22.7 Å². The van der Waals surface area contributed by atoms with Crippen LogP contribution in [-0.4, -0.2) is 68.8 Å². The third kappa shape index (κ3) is 5.38. The summed E-state index contributed by atoms with van der Waals surface area (Å²) in [7, 11) is -3.73. The topological polar surface area (TPSA) is 96.0 Å². The van der Waals surface area contributed by atoms with Gasteiger partial charge in [0, 0.05) is 31.2 Å². The highest BCUT2D eigenvalue weighted by Crippen LogP contribution is 2.26. The monoisotopic (exact) mass is 491 g/mol. The Morgan fingerprint density at radius 3 is 2.42 bits per heavy atom. The SMILES string of the molecule is O=C(Nc1ccccc1C(=O)N1CCOCC1)C1CCCN(S(=O)(=O)c2ccc(Cl)cc2)C1. The molecule has 0 saturated carbocycles. The van der Waals surface area contributed by atoms with Gasteiger partial charge >= 0.3 is 0 Å². The van der Waals surface area contributed by atoms with Crippen LogP contribution in [0.15, 0.2) is 53.4 Å². The number of benzene rings is 2. The van der Waals surface area contributed by atoms with Crippen molar-refractivity contribution in [2.24, 2.45) is 5.92 Å². The third-order valence-electron chi connectivity index (χ3n) is 5.92. The quantitative estimate of drug-likeness (QED) is 0.693. The number of nitrogens with zero attached hydrogens (tertiary/aromatic N) is 2. The van der Waals surface area contributed by atoms with E-state index in [1.165, 1.54) is 28.6 Å². The van der Waals surface area contributed by atoms with Crippen LogP contribution in [0, 0.1) is 5.92 Å². The van der Waals surface area contributed by atoms with Gasteiger partial charge in [-0.05, 0) is 49.2 Å². The summed E-state index contributed by atoms with van der Waals surface area (Å²) in [5.41, 5.74) is 0.839. The fourth-order valence-corrected chi connectivity index (χ4v) is 5.73. The molecule has 4 rings (SSSR count). The Morgan fingerprint density at radius 1 is 1.00 bits per heavy atom. The van der Waals surface area contributed by atoms with Crippen LogP contribution in [0.3, 0.4) is 0 Å². The van der Waals surface area contributed by atoms with Crippen molar-refractivity contribution in [3.8, 4) is 0 Å². The van der Waals surface area contributed by atoms with Crippen LogP contribution in [0.5, 0.6) is 0 Å². The number of morpholine rings is 1. The molecule has 0 radical (unpaired) electrons. The molecule has 33 heavy (non-hydrogen) atoms. The highest BCUT2D eigenvalue weighted by molar-refractivity contribution is 7.89. The average Bonchev–Trinajstić information content (AvgIpc) is 2.85. The molecule has 10 heteroatoms. The molecule has 0 aliphatic carbocycles. The standard InChI is InChI=1S/C23H26ClN3O5S/c24-18-7-9-19(10-8-18)33(30,31)27-11-3-4-17(16-27)22(28)25-21-6-2-1-5-20(21)23(29)26-12-14-32-15-13-26/h1-2,5-10,17H,3-4,11-16H2,(H,25,28). The zero-order valence-electron chi connectivity index (χ0n) is 18.1. The van der Waals surface area contributed by atoms with Crippen molar-refractivity contribution in [3.63, 3.8) is 0 Å². The smallest absolute Gasteiger partial charge is 0.256 e. The minimum atomic E-state index is -3.73. The van der Waals surface area contributed by atoms with Gasteiger partial charge in [-0.3, -0.25) is 9.59 Å². The number of nitrogens with one attached hydrogen (secondary N) is 1. The Kier molecular flexibility index (Phi) is 7.33. The van der Waals surface area contributed by atoms with E-state index in [1.54, 1.807) is 29.2 Å². The molecule has 2 fully saturated rings. The number of rotatable bonds is 5. The van der Waals surface area contributed by atoms with Crippen molar-refractivity contribution >= 4 is 39.1 Å². The summed E-state index contributed by atoms with van der Waals surface area (Å²) in [6.07, 6.45) is 1.14. The molecular weight excluding hydrogens is 466 g/mol. The molecule has 2 amide bonds. The van der Waals surface area contributed by atoms with E-state index in [9.17, 15) is 18.0 Å². The molecule has 1 atom stereocenters. The summed E-state index contributed by atoms with van der Waals surface area (Å²) < 4.78 is 32.7. The zero-order valence-corrected chi connectivity index (χ0v) is 19.6. The number of carbonyl (C=O) groups excluding carboxylic acids is 2. The fourth-order valence-electron chi connectivity index (χ4n) is 4.08. The number of para-hydroxylation sites is 1. The first kappa shape index (κ1) is 23.7. The fraction of sp³-hybridized carbons (Fsp3) is 0.391. The van der Waals surface area contributed by atoms with Crippen LogP contribution in [0.2, 0.25) is 5.02 Å². The number of hydrogen-bond acceptors (Lipinski definition) is 5. The van der Waals surface area contributed by atoms with E-state index in [2.05, 4.69) is 5.32 Å². The maximum Gasteiger partial charge on any atom is 0.256 e. The van der Waals surface area contributed by atoms with E-state index in [0.29, 0.717) is 62.0 Å². The number of piperidine rings is 1. The molecule has 2 aliphatic rings. The van der Waals surface area contributed by atoms with Gasteiger partial charge in [0.25, 0.3) is 5.91 Å². The molecule has 1 N–H and O–H groups in total. The molecule has 2 aliphatic heterocycles. The van der Waals surface area contributed by atoms with E-state index < -0.39 is 15.9 Å². The number of carbonyl (C=O) groups is 2. The van der Waals surface area contributed by atoms with Crippen molar-refractivity contribution in [1.29, 1.82) is 0 Å². The number of sulfonamides is 1. The third-order valence-corrected chi connectivity index (χ3v) is 8.05. The van der Waals surface area contributed by atoms with Gasteiger partial charge in [-0.15, -0.1) is 0 Å². The highest BCUT2D eigenvalue weighted by Gasteiger charge is 2.34. The predicted molar refractivity (Wildman–Crippen MR) is 125 cm³/mol. The lowest BCUT2D eigenvalue weighted by Gasteiger charge is -2.31. The number of ether oxygens (including phenoxy) is 1. The Balaban J connectivity index is 1.47.